The van der Waals surface area contributed by atoms with Gasteiger partial charge in [-0.2, -0.15) is 5.26 Å². The Hall–Kier alpha value is -6.27. The van der Waals surface area contributed by atoms with Gasteiger partial charge in [-0.25, -0.2) is 29.7 Å². The highest BCUT2D eigenvalue weighted by atomic mass is 79.9. The summed E-state index contributed by atoms with van der Waals surface area (Å²) in [6.07, 6.45) is 6.68. The lowest BCUT2D eigenvalue weighted by atomic mass is 10.1. The van der Waals surface area contributed by atoms with Crippen molar-refractivity contribution < 1.29 is 222 Å². The van der Waals surface area contributed by atoms with Crippen LogP contribution in [0.2, 0.25) is 0 Å². The zero-order valence-corrected chi connectivity index (χ0v) is 61.4. The number of nitrogens with zero attached hydrogens (tertiary/aromatic N) is 12. The molecular formula is C44H67BBrF45N13O3S5. The number of hydrogen-bond acceptors (Lipinski definition) is 20. The Labute approximate surface area is 635 Å². The number of nitrogen functional groups attached to an aromatic ring is 1. The fraction of sp³-hybridized carbons (Fsp3) is 0.591. The highest BCUT2D eigenvalue weighted by molar-refractivity contribution is 9.11. The van der Waals surface area contributed by atoms with Gasteiger partial charge in [0, 0.05) is 359 Å². The van der Waals surface area contributed by atoms with Gasteiger partial charge in [0.05, 0.1) is 34.0 Å². The predicted molar refractivity (Wildman–Crippen MR) is 332 cm³/mol. The second-order valence-electron chi connectivity index (χ2n) is 17.0. The molecule has 5 aromatic heterocycles. The number of likely N-dealkylation sites (N-methyl/N-ethyl adjacent to an activating group) is 5. The summed E-state index contributed by atoms with van der Waals surface area (Å²) in [5.41, 5.74) is 13.5. The quantitative estimate of drug-likeness (QED) is 0.119. The smallest absolute Gasteiger partial charge is 0.365 e. The number of nitriles is 1. The van der Waals surface area contributed by atoms with E-state index in [9.17, 15) is 9.59 Å². The third-order valence-corrected chi connectivity index (χ3v) is 16.7. The van der Waals surface area contributed by atoms with Gasteiger partial charge in [0.25, 0.3) is 0 Å². The zero-order chi connectivity index (χ0) is 90.6. The molecule has 1 fully saturated rings. The van der Waals surface area contributed by atoms with E-state index in [0.717, 1.165) is 144 Å². The number of piperidine rings is 1. The monoisotopic (exact) mass is 1930 g/mol. The second kappa shape index (κ2) is 137. The number of thiazole rings is 5. The zero-order valence-electron chi connectivity index (χ0n) is 55.8. The van der Waals surface area contributed by atoms with E-state index < -0.39 is 5.97 Å². The van der Waals surface area contributed by atoms with E-state index in [1.807, 2.05) is 19.6 Å². The highest BCUT2D eigenvalue weighted by Gasteiger charge is 2.22. The summed E-state index contributed by atoms with van der Waals surface area (Å²) >= 11 is 11.4. The fourth-order valence-electron chi connectivity index (χ4n) is 7.54. The Morgan fingerprint density at radius 3 is 0.955 bits per heavy atom. The van der Waals surface area contributed by atoms with Crippen molar-refractivity contribution in [1.82, 2.24) is 54.3 Å². The Morgan fingerprint density at radius 2 is 0.652 bits per heavy atom. The first-order valence-electron chi connectivity index (χ1n) is 24.8. The van der Waals surface area contributed by atoms with Crippen molar-refractivity contribution in [3.05, 3.63) is 72.3 Å². The summed E-state index contributed by atoms with van der Waals surface area (Å²) in [5.74, 6) is -0.495. The number of hydrogen-bond donors (Lipinski definition) is 2. The Bertz CT molecular complexity index is 2450. The minimum atomic E-state index is -0.915. The van der Waals surface area contributed by atoms with Crippen LogP contribution >= 0.6 is 72.6 Å². The SMILES string of the molecule is C.CN1CCC(=O)CC1.CN1CCc2nc(Br)sc2C1.CN1CCc2nc(C#N)sc2C1.CN1CCc2nc(C(=O)O)sc2C1.CN1CCc2nc(N)sc2C1.CN1CCc2ncsc2C1.F.FF.FF.FF.FF.FF.FF.FF.FF.FF.FF.FF.FF.FF.FF.FF.FF.FF.FF.FF.FF.FF.FF.[2HH].[B]. The van der Waals surface area contributed by atoms with Crippen LogP contribution in [0.3, 0.4) is 0 Å². The van der Waals surface area contributed by atoms with E-state index >= 15 is 0 Å². The number of Topliss-reactive ketones (excluding diaryl/α,β-unsaturated/α-hetero) is 1. The molecule has 0 aliphatic carbocycles. The third kappa shape index (κ3) is 86.1. The van der Waals surface area contributed by atoms with E-state index in [1.165, 1.54) is 59.3 Å². The van der Waals surface area contributed by atoms with E-state index in [4.69, 9.17) is 217 Å². The van der Waals surface area contributed by atoms with Gasteiger partial charge < -0.3 is 40.2 Å². The number of aromatic carboxylic acids is 1. The number of carboxylic acids is 1. The fourth-order valence-corrected chi connectivity index (χ4v) is 13.1. The van der Waals surface area contributed by atoms with Crippen molar-refractivity contribution in [1.29, 1.82) is 5.26 Å². The summed E-state index contributed by atoms with van der Waals surface area (Å²) in [6, 6.07) is 2.09. The van der Waals surface area contributed by atoms with Crippen LogP contribution in [0, 0.1) is 11.3 Å². The van der Waals surface area contributed by atoms with Gasteiger partial charge in [0.15, 0.2) is 14.1 Å². The number of carboxylic acid groups (broad SMARTS) is 1. The van der Waals surface area contributed by atoms with Crippen molar-refractivity contribution in [3.63, 3.8) is 0 Å². The van der Waals surface area contributed by atoms with Crippen molar-refractivity contribution >= 4 is 97.9 Å². The molecule has 0 atom stereocenters. The van der Waals surface area contributed by atoms with E-state index in [2.05, 4.69) is 105 Å². The van der Waals surface area contributed by atoms with Crippen molar-refractivity contribution in [3.8, 4) is 6.07 Å². The minimum Gasteiger partial charge on any atom is -0.476 e. The van der Waals surface area contributed by atoms with E-state index in [0.29, 0.717) is 15.9 Å². The molecule has 5 aromatic rings. The van der Waals surface area contributed by atoms with Crippen LogP contribution in [0.25, 0.3) is 0 Å². The largest absolute Gasteiger partial charge is 0.476 e. The van der Waals surface area contributed by atoms with Gasteiger partial charge in [-0.1, -0.05) is 7.43 Å². The number of ketones is 1. The van der Waals surface area contributed by atoms with Crippen LogP contribution in [-0.2, 0) is 69.6 Å². The van der Waals surface area contributed by atoms with Gasteiger partial charge >= 0.3 is 5.97 Å². The number of carbonyl (C=O) groups excluding carboxylic acids is 1. The summed E-state index contributed by atoms with van der Waals surface area (Å²) in [7, 11) is 12.6. The van der Waals surface area contributed by atoms with Gasteiger partial charge in [0.2, 0.25) is 5.01 Å². The van der Waals surface area contributed by atoms with E-state index in [1.54, 1.807) is 34.0 Å². The molecular weight excluding hydrogens is 1860 g/mol. The van der Waals surface area contributed by atoms with Gasteiger partial charge in [-0.05, 0) is 58.2 Å². The summed E-state index contributed by atoms with van der Waals surface area (Å²) in [6.45, 7) is 12.3. The van der Waals surface area contributed by atoms with Crippen LogP contribution in [-0.4, -0.2) is 168 Å². The number of carbonyl (C=O) groups is 2. The molecule has 1 saturated heterocycles. The topological polar surface area (TPSA) is 188 Å². The Balaban J connectivity index is -0.0000000429. The molecule has 6 aliphatic heterocycles. The Kier molecular flexibility index (Phi) is 193. The maximum Gasteiger partial charge on any atom is 0.365 e. The molecule has 16 nitrogen and oxygen atoms in total. The number of nitrogens with two attached hydrogens (primary N) is 1. The van der Waals surface area contributed by atoms with Crippen LogP contribution in [0.4, 0.5) is 211 Å². The minimum absolute atomic E-state index is 0. The van der Waals surface area contributed by atoms with Gasteiger partial charge in [0.1, 0.15) is 11.9 Å². The number of likely N-dealkylation sites (tertiary alicyclic amines) is 1. The molecule has 11 heterocycles. The number of halogens is 46. The lowest BCUT2D eigenvalue weighted by molar-refractivity contribution is -0.121. The first kappa shape index (κ1) is 158. The lowest BCUT2D eigenvalue weighted by Crippen LogP contribution is -2.29. The summed E-state index contributed by atoms with van der Waals surface area (Å²) in [5, 5.41) is 18.9. The molecule has 6 aliphatic rings. The standard InChI is InChI=1S/C8H9N3S.C8H10N2O2S.C7H9BrN2S.C7H11N3S.C7H10N2S.C6H11NO.CH4.B.22F2.FH.H2/c1-11-3-2-6-7(5-11)12-8(4-9)10-6;1-10-3-2-5-6(4-10)13-7(9-5)8(11)12;2*1-10-3-2-5-6(4-10)11-7(8)9-5;1-9-3-2-6-7(4-9)10-5-8-6;1-7-4-2-6(8)3-5-7;;;22*1-2;;/h2-3,5H2,1H3;2-4H2,1H3,(H,11,12);2-4H2,1H3;2-4H2,1H3,(H2,8,9);5H,2-4H2,1H3;2-5H2,1H3;1H4;;;;;;;;;;;;;;;;;;;;;;;;2*1H/i;;;;;;;;;;;;;;;;;;;;;;;;;;;;;;;1+1. The third-order valence-electron chi connectivity index (χ3n) is 11.4. The normalized spacial score (nSPS) is 12.0. The maximum absolute atomic E-state index is 10.6. The summed E-state index contributed by atoms with van der Waals surface area (Å²) in [4.78, 5) is 62.6. The molecule has 3 N–H and O–H groups in total. The molecule has 0 aromatic carbocycles. The molecule has 0 amide bonds. The Morgan fingerprint density at radius 1 is 0.402 bits per heavy atom. The molecule has 0 saturated carbocycles. The molecule has 0 spiro atoms. The number of rotatable bonds is 1. The molecule has 11 rings (SSSR count). The first-order chi connectivity index (χ1) is 53.1. The average molecular weight is 1930 g/mol. The van der Waals surface area contributed by atoms with Crippen molar-refractivity contribution in [2.24, 2.45) is 0 Å². The van der Waals surface area contributed by atoms with Crippen LogP contribution < -0.4 is 5.73 Å². The van der Waals surface area contributed by atoms with Crippen molar-refractivity contribution in [2.45, 2.75) is 85.1 Å². The molecule has 112 heavy (non-hydrogen) atoms. The van der Waals surface area contributed by atoms with Crippen molar-refractivity contribution in [2.75, 3.05) is 93.8 Å². The molecule has 0 bridgehead atoms. The van der Waals surface area contributed by atoms with Gasteiger partial charge in [-0.15, -0.1) is 56.7 Å². The molecule has 0 unspecified atom stereocenters. The lowest BCUT2D eigenvalue weighted by Gasteiger charge is -2.20. The average Bonchev–Trinajstić information content (AvgIpc) is 1.77. The summed E-state index contributed by atoms with van der Waals surface area (Å²) < 4.78 is 353. The second-order valence-corrected chi connectivity index (χ2v) is 23.5. The first-order valence-corrected chi connectivity index (χ1v) is 29.7. The van der Waals surface area contributed by atoms with Crippen LogP contribution in [0.1, 0.15) is 89.4 Å². The maximum atomic E-state index is 10.6. The van der Waals surface area contributed by atoms with Gasteiger partial charge in [-0.3, -0.25) is 9.50 Å². The number of aromatic nitrogens is 5. The highest BCUT2D eigenvalue weighted by Crippen LogP contribution is 2.29. The molecule has 3 radical (unpaired) electrons. The predicted octanol–water partition coefficient (Wildman–Crippen LogP) is 25.0. The molecule has 68 heteroatoms. The van der Waals surface area contributed by atoms with Crippen LogP contribution in [0.15, 0.2) is 9.43 Å². The molecule has 681 valence electrons. The number of fused-ring (bicyclic) bond motifs is 5. The number of anilines is 1. The van der Waals surface area contributed by atoms with E-state index in [-0.39, 0.29) is 27.0 Å². The van der Waals surface area contributed by atoms with Crippen LogP contribution in [0.5, 0.6) is 0 Å².